The van der Waals surface area contributed by atoms with E-state index in [2.05, 4.69) is 0 Å². The first kappa shape index (κ1) is 21.4. The summed E-state index contributed by atoms with van der Waals surface area (Å²) in [7, 11) is -3.00. The second kappa shape index (κ2) is 8.42. The maximum absolute atomic E-state index is 12.8. The van der Waals surface area contributed by atoms with Crippen LogP contribution in [0.1, 0.15) is 11.1 Å². The fourth-order valence-corrected chi connectivity index (χ4v) is 4.14. The van der Waals surface area contributed by atoms with E-state index in [1.54, 1.807) is 0 Å². The van der Waals surface area contributed by atoms with Gasteiger partial charge in [-0.25, -0.2) is 8.42 Å². The largest absolute Gasteiger partial charge is 0.326 e. The average Bonchev–Trinajstić information content (AvgIpc) is 2.60. The monoisotopic (exact) mass is 408 g/mol. The lowest BCUT2D eigenvalue weighted by atomic mass is 10.0. The number of nitro benzene ring substituents is 2. The summed E-state index contributed by atoms with van der Waals surface area (Å²) in [5.74, 6) is 0. The van der Waals surface area contributed by atoms with Gasteiger partial charge in [0.05, 0.1) is 15.9 Å². The van der Waals surface area contributed by atoms with Gasteiger partial charge in [0.1, 0.15) is 0 Å². The van der Waals surface area contributed by atoms with Crippen LogP contribution >= 0.6 is 0 Å². The van der Waals surface area contributed by atoms with E-state index in [1.165, 1.54) is 7.05 Å². The van der Waals surface area contributed by atoms with E-state index in [0.29, 0.717) is 12.5 Å². The Morgan fingerprint density at radius 1 is 1.11 bits per heavy atom. The number of hydrogen-bond donors (Lipinski definition) is 1. The van der Waals surface area contributed by atoms with Crippen LogP contribution in [0.5, 0.6) is 0 Å². The van der Waals surface area contributed by atoms with Gasteiger partial charge in [-0.05, 0) is 25.0 Å². The van der Waals surface area contributed by atoms with Gasteiger partial charge in [-0.15, -0.1) is 0 Å². The maximum atomic E-state index is 12.8. The van der Waals surface area contributed by atoms with Crippen LogP contribution in [0.25, 0.3) is 0 Å². The van der Waals surface area contributed by atoms with Gasteiger partial charge in [0.2, 0.25) is 10.0 Å². The van der Waals surface area contributed by atoms with Crippen molar-refractivity contribution >= 4 is 21.4 Å². The number of likely N-dealkylation sites (N-methyl/N-ethyl adjacent to an activating group) is 1. The molecule has 2 N–H and O–H groups in total. The van der Waals surface area contributed by atoms with E-state index in [4.69, 9.17) is 5.73 Å². The fraction of sp³-hybridized carbons (Fsp3) is 0.294. The second-order valence-corrected chi connectivity index (χ2v) is 8.42. The number of non-ortho nitro benzene ring substituents is 1. The van der Waals surface area contributed by atoms with Crippen molar-refractivity contribution in [2.75, 3.05) is 13.6 Å². The van der Waals surface area contributed by atoms with Gasteiger partial charge < -0.3 is 5.73 Å². The first-order valence-corrected chi connectivity index (χ1v) is 9.66. The lowest BCUT2D eigenvalue weighted by molar-refractivity contribution is -0.396. The summed E-state index contributed by atoms with van der Waals surface area (Å²) in [6.07, 6.45) is 0.421. The molecule has 28 heavy (non-hydrogen) atoms. The number of hydrogen-bond acceptors (Lipinski definition) is 7. The number of aryl methyl sites for hydroxylation is 1. The zero-order valence-corrected chi connectivity index (χ0v) is 16.1. The van der Waals surface area contributed by atoms with Crippen LogP contribution in [-0.2, 0) is 16.4 Å². The molecule has 0 bridgehead atoms. The fourth-order valence-electron chi connectivity index (χ4n) is 2.78. The summed E-state index contributed by atoms with van der Waals surface area (Å²) in [6, 6.07) is 9.50. The first-order valence-electron chi connectivity index (χ1n) is 8.22. The molecule has 2 rings (SSSR count). The predicted molar refractivity (Wildman–Crippen MR) is 102 cm³/mol. The van der Waals surface area contributed by atoms with E-state index >= 15 is 0 Å². The highest BCUT2D eigenvalue weighted by Crippen LogP contribution is 2.30. The third-order valence-electron chi connectivity index (χ3n) is 4.11. The Morgan fingerprint density at radius 2 is 1.79 bits per heavy atom. The zero-order valence-electron chi connectivity index (χ0n) is 15.3. The van der Waals surface area contributed by atoms with E-state index < -0.39 is 42.2 Å². The van der Waals surface area contributed by atoms with Gasteiger partial charge in [-0.1, -0.05) is 29.8 Å². The molecule has 150 valence electrons. The minimum absolute atomic E-state index is 0.0790. The van der Waals surface area contributed by atoms with Crippen LogP contribution in [0.4, 0.5) is 11.4 Å². The summed E-state index contributed by atoms with van der Waals surface area (Å²) in [6.45, 7) is 1.85. The highest BCUT2D eigenvalue weighted by atomic mass is 32.2. The molecule has 0 aromatic heterocycles. The molecule has 0 aliphatic carbocycles. The highest BCUT2D eigenvalue weighted by Gasteiger charge is 2.32. The van der Waals surface area contributed by atoms with E-state index in [-0.39, 0.29) is 6.54 Å². The topological polar surface area (TPSA) is 150 Å². The number of nitrogens with two attached hydrogens (primary N) is 1. The van der Waals surface area contributed by atoms with Gasteiger partial charge in [-0.2, -0.15) is 4.31 Å². The van der Waals surface area contributed by atoms with E-state index in [1.807, 2.05) is 31.2 Å². The highest BCUT2D eigenvalue weighted by molar-refractivity contribution is 7.89. The van der Waals surface area contributed by atoms with Crippen molar-refractivity contribution in [3.63, 3.8) is 0 Å². The quantitative estimate of drug-likeness (QED) is 0.518. The van der Waals surface area contributed by atoms with Gasteiger partial charge in [0.15, 0.2) is 4.90 Å². The van der Waals surface area contributed by atoms with Crippen LogP contribution in [0, 0.1) is 27.2 Å². The van der Waals surface area contributed by atoms with Crippen molar-refractivity contribution in [2.24, 2.45) is 5.73 Å². The molecule has 2 aromatic rings. The molecule has 11 heteroatoms. The molecule has 0 saturated carbocycles. The van der Waals surface area contributed by atoms with Gasteiger partial charge in [-0.3, -0.25) is 20.2 Å². The number of nitrogens with zero attached hydrogens (tertiary/aromatic N) is 3. The van der Waals surface area contributed by atoms with E-state index in [9.17, 15) is 28.6 Å². The molecule has 0 unspecified atom stereocenters. The Hall–Kier alpha value is -2.89. The lowest BCUT2D eigenvalue weighted by Gasteiger charge is -2.21. The van der Waals surface area contributed by atoms with Gasteiger partial charge in [0, 0.05) is 25.7 Å². The molecule has 1 atom stereocenters. The number of sulfonamides is 1. The molecular formula is C17H20N4O6S. The summed E-state index contributed by atoms with van der Waals surface area (Å²) in [4.78, 5) is 19.7. The van der Waals surface area contributed by atoms with Crippen molar-refractivity contribution in [1.29, 1.82) is 0 Å². The Balaban J connectivity index is 2.25. The molecule has 0 aliphatic rings. The smallest absolute Gasteiger partial charge is 0.296 e. The van der Waals surface area contributed by atoms with Crippen LogP contribution in [0.15, 0.2) is 47.4 Å². The molecule has 2 aromatic carbocycles. The minimum atomic E-state index is -4.26. The van der Waals surface area contributed by atoms with Crippen molar-refractivity contribution in [3.8, 4) is 0 Å². The number of nitro groups is 2. The predicted octanol–water partition coefficient (Wildman–Crippen LogP) is 2.00. The third-order valence-corrected chi connectivity index (χ3v) is 5.98. The second-order valence-electron chi connectivity index (χ2n) is 6.41. The summed E-state index contributed by atoms with van der Waals surface area (Å²) in [5, 5.41) is 22.1. The Bertz CT molecular complexity index is 1010. The Labute approximate surface area is 161 Å². The Morgan fingerprint density at radius 3 is 2.36 bits per heavy atom. The van der Waals surface area contributed by atoms with Crippen molar-refractivity contribution < 1.29 is 18.3 Å². The number of rotatable bonds is 8. The summed E-state index contributed by atoms with van der Waals surface area (Å²) in [5.41, 5.74) is 6.64. The third kappa shape index (κ3) is 4.88. The SMILES string of the molecule is Cc1cccc(C[C@H](N)CN(C)S(=O)(=O)c2ccc([N+](=O)[O-])cc2[N+](=O)[O-])c1. The molecular weight excluding hydrogens is 388 g/mol. The van der Waals surface area contributed by atoms with Crippen LogP contribution < -0.4 is 5.73 Å². The average molecular weight is 408 g/mol. The van der Waals surface area contributed by atoms with Gasteiger partial charge >= 0.3 is 0 Å². The minimum Gasteiger partial charge on any atom is -0.326 e. The zero-order chi connectivity index (χ0) is 21.1. The van der Waals surface area contributed by atoms with Gasteiger partial charge in [0.25, 0.3) is 11.4 Å². The normalized spacial score (nSPS) is 12.7. The van der Waals surface area contributed by atoms with Crippen LogP contribution in [-0.4, -0.2) is 42.2 Å². The van der Waals surface area contributed by atoms with Crippen LogP contribution in [0.2, 0.25) is 0 Å². The number of benzene rings is 2. The molecule has 0 amide bonds. The molecule has 0 saturated heterocycles. The molecule has 0 heterocycles. The van der Waals surface area contributed by atoms with E-state index in [0.717, 1.165) is 27.6 Å². The lowest BCUT2D eigenvalue weighted by Crippen LogP contribution is -2.40. The van der Waals surface area contributed by atoms with Crippen molar-refractivity contribution in [1.82, 2.24) is 4.31 Å². The molecule has 0 fully saturated rings. The van der Waals surface area contributed by atoms with Crippen molar-refractivity contribution in [2.45, 2.75) is 24.3 Å². The molecule has 10 nitrogen and oxygen atoms in total. The van der Waals surface area contributed by atoms with Crippen LogP contribution in [0.3, 0.4) is 0 Å². The Kier molecular flexibility index (Phi) is 6.44. The summed E-state index contributed by atoms with van der Waals surface area (Å²) < 4.78 is 26.5. The first-order chi connectivity index (χ1) is 13.0. The van der Waals surface area contributed by atoms with Crippen molar-refractivity contribution in [3.05, 3.63) is 73.8 Å². The molecule has 0 spiro atoms. The standard InChI is InChI=1S/C17H20N4O6S/c1-12-4-3-5-13(8-12)9-14(18)11-19(2)28(26,27)17-7-6-15(20(22)23)10-16(17)21(24)25/h3-8,10,14H,9,11,18H2,1-2H3/t14-/m0/s1. The summed E-state index contributed by atoms with van der Waals surface area (Å²) >= 11 is 0. The molecule has 0 radical (unpaired) electrons. The maximum Gasteiger partial charge on any atom is 0.296 e. The molecule has 0 aliphatic heterocycles.